The van der Waals surface area contributed by atoms with E-state index in [-0.39, 0.29) is 19.1 Å². The van der Waals surface area contributed by atoms with Crippen LogP contribution in [0.2, 0.25) is 0 Å². The Hall–Kier alpha value is -3.43. The van der Waals surface area contributed by atoms with E-state index in [0.29, 0.717) is 6.42 Å². The van der Waals surface area contributed by atoms with Crippen molar-refractivity contribution >= 4 is 18.0 Å². The number of carbonyl (C=O) groups is 3. The van der Waals surface area contributed by atoms with Crippen LogP contribution in [0.3, 0.4) is 0 Å². The summed E-state index contributed by atoms with van der Waals surface area (Å²) in [5.74, 6) is -1.95. The Morgan fingerprint density at radius 1 is 1.03 bits per heavy atom. The van der Waals surface area contributed by atoms with E-state index >= 15 is 0 Å². The molecule has 2 aromatic rings. The lowest BCUT2D eigenvalue weighted by Gasteiger charge is -2.20. The maximum absolute atomic E-state index is 12.4. The SMILES string of the molecule is O=C(O)CONC(=O)[C@@H]1OCC[C@@H]1NC(=O)OCC1c2ccccc2-c2ccccc21. The van der Waals surface area contributed by atoms with E-state index in [1.54, 1.807) is 0 Å². The average molecular weight is 426 g/mol. The lowest BCUT2D eigenvalue weighted by atomic mass is 9.98. The number of carbonyl (C=O) groups excluding carboxylic acids is 2. The largest absolute Gasteiger partial charge is 0.479 e. The fraction of sp³-hybridized carbons (Fsp3) is 0.318. The molecule has 4 rings (SSSR count). The predicted molar refractivity (Wildman–Crippen MR) is 108 cm³/mol. The van der Waals surface area contributed by atoms with Gasteiger partial charge in [-0.25, -0.2) is 15.1 Å². The number of hydrogen-bond donors (Lipinski definition) is 3. The molecule has 9 nitrogen and oxygen atoms in total. The highest BCUT2D eigenvalue weighted by molar-refractivity contribution is 5.82. The maximum Gasteiger partial charge on any atom is 0.407 e. The van der Waals surface area contributed by atoms with E-state index in [1.165, 1.54) is 0 Å². The average Bonchev–Trinajstić information content (AvgIpc) is 3.34. The summed E-state index contributed by atoms with van der Waals surface area (Å²) in [4.78, 5) is 39.6. The van der Waals surface area contributed by atoms with Gasteiger partial charge in [0.15, 0.2) is 12.7 Å². The number of carboxylic acid groups (broad SMARTS) is 1. The quantitative estimate of drug-likeness (QED) is 0.577. The first-order chi connectivity index (χ1) is 15.0. The number of ether oxygens (including phenoxy) is 2. The highest BCUT2D eigenvalue weighted by Gasteiger charge is 2.36. The number of nitrogens with one attached hydrogen (secondary N) is 2. The Balaban J connectivity index is 1.34. The van der Waals surface area contributed by atoms with Crippen molar-refractivity contribution in [1.82, 2.24) is 10.8 Å². The van der Waals surface area contributed by atoms with Crippen LogP contribution in [0.4, 0.5) is 4.79 Å². The van der Waals surface area contributed by atoms with E-state index < -0.39 is 36.7 Å². The standard InChI is InChI=1S/C22H22N2O7/c25-19(26)12-31-24-21(27)20-18(9-10-29-20)23-22(28)30-11-17-15-7-3-1-5-13(15)14-6-2-4-8-16(14)17/h1-8,17-18,20H,9-12H2,(H,23,28)(H,24,27)(H,25,26)/t18-,20+/m0/s1. The van der Waals surface area contributed by atoms with Crippen molar-refractivity contribution in [2.24, 2.45) is 0 Å². The van der Waals surface area contributed by atoms with E-state index in [9.17, 15) is 14.4 Å². The zero-order chi connectivity index (χ0) is 21.8. The molecule has 1 fully saturated rings. The fourth-order valence-corrected chi connectivity index (χ4v) is 4.01. The molecule has 1 aliphatic carbocycles. The molecular weight excluding hydrogens is 404 g/mol. The number of fused-ring (bicyclic) bond motifs is 3. The Kier molecular flexibility index (Phi) is 6.15. The molecular formula is C22H22N2O7. The van der Waals surface area contributed by atoms with Gasteiger partial charge in [-0.1, -0.05) is 48.5 Å². The summed E-state index contributed by atoms with van der Waals surface area (Å²) in [5, 5.41) is 11.2. The summed E-state index contributed by atoms with van der Waals surface area (Å²) in [7, 11) is 0. The minimum atomic E-state index is -1.22. The van der Waals surface area contributed by atoms with Gasteiger partial charge in [0.05, 0.1) is 6.04 Å². The van der Waals surface area contributed by atoms with Crippen LogP contribution in [-0.4, -0.2) is 55.0 Å². The molecule has 2 atom stereocenters. The molecule has 0 saturated carbocycles. The molecule has 0 spiro atoms. The van der Waals surface area contributed by atoms with Crippen LogP contribution < -0.4 is 10.8 Å². The Morgan fingerprint density at radius 2 is 1.68 bits per heavy atom. The molecule has 1 saturated heterocycles. The molecule has 3 N–H and O–H groups in total. The molecule has 1 heterocycles. The number of benzene rings is 2. The lowest BCUT2D eigenvalue weighted by Crippen LogP contribution is -2.48. The smallest absolute Gasteiger partial charge is 0.407 e. The third-order valence-electron chi connectivity index (χ3n) is 5.37. The predicted octanol–water partition coefficient (Wildman–Crippen LogP) is 1.82. The van der Waals surface area contributed by atoms with E-state index in [4.69, 9.17) is 14.6 Å². The van der Waals surface area contributed by atoms with Crippen molar-refractivity contribution in [2.75, 3.05) is 19.8 Å². The van der Waals surface area contributed by atoms with Gasteiger partial charge in [0, 0.05) is 12.5 Å². The van der Waals surface area contributed by atoms with Crippen LogP contribution in [0.15, 0.2) is 48.5 Å². The number of hydroxylamine groups is 1. The Morgan fingerprint density at radius 3 is 2.32 bits per heavy atom. The topological polar surface area (TPSA) is 123 Å². The second kappa shape index (κ2) is 9.15. The van der Waals surface area contributed by atoms with Crippen molar-refractivity contribution in [2.45, 2.75) is 24.5 Å². The zero-order valence-corrected chi connectivity index (χ0v) is 16.6. The van der Waals surface area contributed by atoms with Gasteiger partial charge in [-0.05, 0) is 28.7 Å². The highest BCUT2D eigenvalue weighted by atomic mass is 16.7. The molecule has 0 radical (unpaired) electrons. The summed E-state index contributed by atoms with van der Waals surface area (Å²) >= 11 is 0. The number of aliphatic carboxylic acids is 1. The molecule has 9 heteroatoms. The molecule has 2 amide bonds. The van der Waals surface area contributed by atoms with Crippen LogP contribution in [0.1, 0.15) is 23.5 Å². The summed E-state index contributed by atoms with van der Waals surface area (Å²) in [6, 6.07) is 15.5. The number of carboxylic acids is 1. The normalized spacial score (nSPS) is 19.4. The second-order valence-electron chi connectivity index (χ2n) is 7.31. The van der Waals surface area contributed by atoms with Crippen molar-refractivity contribution in [3.63, 3.8) is 0 Å². The molecule has 31 heavy (non-hydrogen) atoms. The molecule has 162 valence electrons. The molecule has 2 aliphatic rings. The molecule has 0 unspecified atom stereocenters. The Bertz CT molecular complexity index is 948. The van der Waals surface area contributed by atoms with Gasteiger partial charge in [0.2, 0.25) is 0 Å². The van der Waals surface area contributed by atoms with E-state index in [1.807, 2.05) is 41.9 Å². The third kappa shape index (κ3) is 4.52. The molecule has 0 aromatic heterocycles. The lowest BCUT2D eigenvalue weighted by molar-refractivity contribution is -0.153. The van der Waals surface area contributed by atoms with Crippen molar-refractivity contribution in [3.05, 3.63) is 59.7 Å². The highest BCUT2D eigenvalue weighted by Crippen LogP contribution is 2.44. The van der Waals surface area contributed by atoms with Gasteiger partial charge in [-0.3, -0.25) is 9.63 Å². The molecule has 0 bridgehead atoms. The van der Waals surface area contributed by atoms with Gasteiger partial charge in [0.25, 0.3) is 5.91 Å². The Labute approximate surface area is 178 Å². The summed E-state index contributed by atoms with van der Waals surface area (Å²) in [6.45, 7) is -0.250. The van der Waals surface area contributed by atoms with Crippen molar-refractivity contribution in [1.29, 1.82) is 0 Å². The third-order valence-corrected chi connectivity index (χ3v) is 5.37. The van der Waals surface area contributed by atoms with Gasteiger partial charge < -0.3 is 19.9 Å². The van der Waals surface area contributed by atoms with Gasteiger partial charge in [0.1, 0.15) is 6.61 Å². The second-order valence-corrected chi connectivity index (χ2v) is 7.31. The van der Waals surface area contributed by atoms with Crippen LogP contribution in [-0.2, 0) is 23.9 Å². The number of amides is 2. The maximum atomic E-state index is 12.4. The van der Waals surface area contributed by atoms with Gasteiger partial charge in [-0.2, -0.15) is 0 Å². The summed E-state index contributed by atoms with van der Waals surface area (Å²) < 4.78 is 10.8. The number of rotatable bonds is 7. The van der Waals surface area contributed by atoms with Crippen molar-refractivity contribution in [3.8, 4) is 11.1 Å². The first kappa shape index (κ1) is 20.8. The number of alkyl carbamates (subject to hydrolysis) is 1. The molecule has 1 aliphatic heterocycles. The zero-order valence-electron chi connectivity index (χ0n) is 16.6. The van der Waals surface area contributed by atoms with Crippen molar-refractivity contribution < 1.29 is 33.8 Å². The van der Waals surface area contributed by atoms with Crippen LogP contribution in [0, 0.1) is 0 Å². The van der Waals surface area contributed by atoms with Crippen LogP contribution >= 0.6 is 0 Å². The summed E-state index contributed by atoms with van der Waals surface area (Å²) in [6.07, 6.45) is -1.22. The number of hydrogen-bond acceptors (Lipinski definition) is 6. The molecule has 2 aromatic carbocycles. The summed E-state index contributed by atoms with van der Waals surface area (Å²) in [5.41, 5.74) is 6.50. The van der Waals surface area contributed by atoms with E-state index in [2.05, 4.69) is 22.3 Å². The fourth-order valence-electron chi connectivity index (χ4n) is 4.01. The first-order valence-corrected chi connectivity index (χ1v) is 9.91. The minimum absolute atomic E-state index is 0.0681. The van der Waals surface area contributed by atoms with Crippen LogP contribution in [0.25, 0.3) is 11.1 Å². The minimum Gasteiger partial charge on any atom is -0.479 e. The van der Waals surface area contributed by atoms with Crippen LogP contribution in [0.5, 0.6) is 0 Å². The first-order valence-electron chi connectivity index (χ1n) is 9.91. The van der Waals surface area contributed by atoms with E-state index in [0.717, 1.165) is 22.3 Å². The van der Waals surface area contributed by atoms with Gasteiger partial charge in [-0.15, -0.1) is 0 Å². The van der Waals surface area contributed by atoms with Gasteiger partial charge >= 0.3 is 12.1 Å². The monoisotopic (exact) mass is 426 g/mol.